The second kappa shape index (κ2) is 5.91. The van der Waals surface area contributed by atoms with Crippen LogP contribution in [0.15, 0.2) is 24.5 Å². The lowest BCUT2D eigenvalue weighted by Crippen LogP contribution is -2.25. The molecule has 0 saturated carbocycles. The van der Waals surface area contributed by atoms with Crippen molar-refractivity contribution in [2.24, 2.45) is 0 Å². The summed E-state index contributed by atoms with van der Waals surface area (Å²) in [4.78, 5) is 15.6. The van der Waals surface area contributed by atoms with Gasteiger partial charge in [0.25, 0.3) is 0 Å². The molecule has 88 valence electrons. The van der Waals surface area contributed by atoms with E-state index in [4.69, 9.17) is 4.43 Å². The third-order valence-electron chi connectivity index (χ3n) is 2.07. The lowest BCUT2D eigenvalue weighted by atomic mass is 10.1. The van der Waals surface area contributed by atoms with E-state index in [1.807, 2.05) is 0 Å². The summed E-state index contributed by atoms with van der Waals surface area (Å²) in [5.41, 5.74) is 0.690. The van der Waals surface area contributed by atoms with Crippen LogP contribution in [-0.4, -0.2) is 25.7 Å². The van der Waals surface area contributed by atoms with Crippen molar-refractivity contribution in [1.82, 2.24) is 4.98 Å². The van der Waals surface area contributed by atoms with E-state index in [0.29, 0.717) is 18.6 Å². The summed E-state index contributed by atoms with van der Waals surface area (Å²) in [6, 6.07) is 3.58. The number of nitrogens with zero attached hydrogens (tertiary/aromatic N) is 1. The van der Waals surface area contributed by atoms with Gasteiger partial charge in [-0.25, -0.2) is 0 Å². The minimum atomic E-state index is -1.43. The molecule has 0 aromatic carbocycles. The quantitative estimate of drug-likeness (QED) is 0.434. The number of Topliss-reactive ketones (excluding diaryl/α,β-unsaturated/α-hetero) is 1. The van der Waals surface area contributed by atoms with E-state index < -0.39 is 8.32 Å². The Kier molecular flexibility index (Phi) is 4.83. The minimum Gasteiger partial charge on any atom is -0.418 e. The Labute approximate surface area is 98.0 Å². The fourth-order valence-corrected chi connectivity index (χ4v) is 2.04. The summed E-state index contributed by atoms with van der Waals surface area (Å²) in [6.45, 7) is 7.13. The van der Waals surface area contributed by atoms with Gasteiger partial charge in [0.05, 0.1) is 0 Å². The van der Waals surface area contributed by atoms with E-state index in [9.17, 15) is 4.79 Å². The fourth-order valence-electron chi connectivity index (χ4n) is 1.28. The Morgan fingerprint density at radius 3 is 2.75 bits per heavy atom. The van der Waals surface area contributed by atoms with Crippen LogP contribution in [0.25, 0.3) is 0 Å². The predicted octanol–water partition coefficient (Wildman–Crippen LogP) is 2.90. The second-order valence-electron chi connectivity index (χ2n) is 4.73. The molecule has 16 heavy (non-hydrogen) atoms. The molecule has 0 bridgehead atoms. The summed E-state index contributed by atoms with van der Waals surface area (Å²) in [5.74, 6) is 0.146. The summed E-state index contributed by atoms with van der Waals surface area (Å²) < 4.78 is 5.69. The molecule has 0 radical (unpaired) electrons. The van der Waals surface area contributed by atoms with Gasteiger partial charge in [-0.05, 0) is 38.2 Å². The zero-order chi connectivity index (χ0) is 12.0. The molecule has 4 heteroatoms. The highest BCUT2D eigenvalue weighted by molar-refractivity contribution is 6.69. The normalized spacial score (nSPS) is 11.4. The third-order valence-corrected chi connectivity index (χ3v) is 3.14. The van der Waals surface area contributed by atoms with E-state index in [1.165, 1.54) is 0 Å². The molecule has 0 spiro atoms. The van der Waals surface area contributed by atoms with Crippen molar-refractivity contribution in [3.63, 3.8) is 0 Å². The topological polar surface area (TPSA) is 39.2 Å². The first-order valence-electron chi connectivity index (χ1n) is 5.56. The highest BCUT2D eigenvalue weighted by atomic mass is 28.4. The Bertz CT molecular complexity index is 333. The predicted molar refractivity (Wildman–Crippen MR) is 67.1 cm³/mol. The fraction of sp³-hybridized carbons (Fsp3) is 0.500. The molecule has 0 atom stereocenters. The zero-order valence-corrected chi connectivity index (χ0v) is 11.2. The molecule has 1 aromatic heterocycles. The van der Waals surface area contributed by atoms with Crippen molar-refractivity contribution in [2.75, 3.05) is 6.61 Å². The molecule has 0 aliphatic carbocycles. The van der Waals surface area contributed by atoms with Crippen molar-refractivity contribution in [3.05, 3.63) is 30.1 Å². The SMILES string of the molecule is C[Si](C)(C)OCCCC(=O)c1cccnc1. The Morgan fingerprint density at radius 2 is 2.19 bits per heavy atom. The van der Waals surface area contributed by atoms with E-state index in [-0.39, 0.29) is 5.78 Å². The number of carbonyl (C=O) groups excluding carboxylic acids is 1. The van der Waals surface area contributed by atoms with Crippen LogP contribution in [-0.2, 0) is 4.43 Å². The first-order valence-corrected chi connectivity index (χ1v) is 8.97. The third kappa shape index (κ3) is 5.18. The second-order valence-corrected chi connectivity index (χ2v) is 9.24. The lowest BCUT2D eigenvalue weighted by molar-refractivity contribution is 0.0972. The molecule has 0 aliphatic rings. The van der Waals surface area contributed by atoms with E-state index in [1.54, 1.807) is 24.5 Å². The molecule has 0 fully saturated rings. The average molecular weight is 237 g/mol. The number of hydrogen-bond donors (Lipinski definition) is 0. The van der Waals surface area contributed by atoms with Gasteiger partial charge in [-0.2, -0.15) is 0 Å². The van der Waals surface area contributed by atoms with Crippen molar-refractivity contribution in [3.8, 4) is 0 Å². The largest absolute Gasteiger partial charge is 0.418 e. The van der Waals surface area contributed by atoms with Gasteiger partial charge in [0.2, 0.25) is 0 Å². The van der Waals surface area contributed by atoms with Gasteiger partial charge in [0.15, 0.2) is 14.1 Å². The first kappa shape index (κ1) is 13.1. The summed E-state index contributed by atoms with van der Waals surface area (Å²) in [6.07, 6.45) is 4.61. The molecule has 1 heterocycles. The van der Waals surface area contributed by atoms with Crippen LogP contribution >= 0.6 is 0 Å². The van der Waals surface area contributed by atoms with Crippen molar-refractivity contribution < 1.29 is 9.22 Å². The van der Waals surface area contributed by atoms with E-state index >= 15 is 0 Å². The summed E-state index contributed by atoms with van der Waals surface area (Å²) in [5, 5.41) is 0. The number of pyridine rings is 1. The number of carbonyl (C=O) groups is 1. The van der Waals surface area contributed by atoms with Gasteiger partial charge in [0, 0.05) is 31.0 Å². The number of hydrogen-bond acceptors (Lipinski definition) is 3. The molecular weight excluding hydrogens is 218 g/mol. The molecule has 0 N–H and O–H groups in total. The number of ketones is 1. The van der Waals surface area contributed by atoms with Crippen LogP contribution in [0.2, 0.25) is 19.6 Å². The van der Waals surface area contributed by atoms with E-state index in [0.717, 1.165) is 6.42 Å². The molecule has 3 nitrogen and oxygen atoms in total. The zero-order valence-electron chi connectivity index (χ0n) is 10.2. The summed E-state index contributed by atoms with van der Waals surface area (Å²) in [7, 11) is -1.43. The number of aromatic nitrogens is 1. The first-order chi connectivity index (χ1) is 7.49. The molecular formula is C12H19NO2Si. The van der Waals surface area contributed by atoms with Crippen LogP contribution < -0.4 is 0 Å². The average Bonchev–Trinajstić information content (AvgIpc) is 2.24. The maximum absolute atomic E-state index is 11.7. The molecule has 0 unspecified atom stereocenters. The van der Waals surface area contributed by atoms with E-state index in [2.05, 4.69) is 24.6 Å². The molecule has 1 rings (SSSR count). The van der Waals surface area contributed by atoms with Crippen LogP contribution in [0.1, 0.15) is 23.2 Å². The Hall–Kier alpha value is -1.00. The maximum Gasteiger partial charge on any atom is 0.183 e. The van der Waals surface area contributed by atoms with Crippen molar-refractivity contribution in [2.45, 2.75) is 32.5 Å². The van der Waals surface area contributed by atoms with Crippen molar-refractivity contribution >= 4 is 14.1 Å². The molecule has 0 aliphatic heterocycles. The lowest BCUT2D eigenvalue weighted by Gasteiger charge is -2.16. The molecule has 1 aromatic rings. The van der Waals surface area contributed by atoms with Crippen LogP contribution in [0.4, 0.5) is 0 Å². The van der Waals surface area contributed by atoms with Gasteiger partial charge in [-0.3, -0.25) is 9.78 Å². The van der Waals surface area contributed by atoms with Crippen LogP contribution in [0.5, 0.6) is 0 Å². The highest BCUT2D eigenvalue weighted by Crippen LogP contribution is 2.07. The monoisotopic (exact) mass is 237 g/mol. The van der Waals surface area contributed by atoms with Gasteiger partial charge < -0.3 is 4.43 Å². The Balaban J connectivity index is 2.27. The highest BCUT2D eigenvalue weighted by Gasteiger charge is 2.13. The van der Waals surface area contributed by atoms with Gasteiger partial charge >= 0.3 is 0 Å². The number of rotatable bonds is 6. The molecule has 0 saturated heterocycles. The van der Waals surface area contributed by atoms with Gasteiger partial charge in [0.1, 0.15) is 0 Å². The molecule has 0 amide bonds. The van der Waals surface area contributed by atoms with Gasteiger partial charge in [-0.1, -0.05) is 0 Å². The Morgan fingerprint density at radius 1 is 1.44 bits per heavy atom. The summed E-state index contributed by atoms with van der Waals surface area (Å²) >= 11 is 0. The van der Waals surface area contributed by atoms with Crippen LogP contribution in [0.3, 0.4) is 0 Å². The standard InChI is InChI=1S/C12H19NO2Si/c1-16(2,3)15-9-5-7-12(14)11-6-4-8-13-10-11/h4,6,8,10H,5,7,9H2,1-3H3. The van der Waals surface area contributed by atoms with Crippen molar-refractivity contribution in [1.29, 1.82) is 0 Å². The minimum absolute atomic E-state index is 0.146. The maximum atomic E-state index is 11.7. The van der Waals surface area contributed by atoms with Gasteiger partial charge in [-0.15, -0.1) is 0 Å². The smallest absolute Gasteiger partial charge is 0.183 e. The van der Waals surface area contributed by atoms with Crippen LogP contribution in [0, 0.1) is 0 Å².